The van der Waals surface area contributed by atoms with Crippen molar-refractivity contribution in [3.63, 3.8) is 0 Å². The molecule has 0 unspecified atom stereocenters. The van der Waals surface area contributed by atoms with Crippen LogP contribution in [0.1, 0.15) is 25.0 Å². The van der Waals surface area contributed by atoms with Gasteiger partial charge in [-0.1, -0.05) is 30.7 Å². The molecular formula is C25H25ClN2O7S. The van der Waals surface area contributed by atoms with Crippen LogP contribution in [0.5, 0.6) is 11.5 Å². The summed E-state index contributed by atoms with van der Waals surface area (Å²) in [4.78, 5) is 50.2. The van der Waals surface area contributed by atoms with E-state index in [0.717, 1.165) is 28.6 Å². The number of amides is 3. The van der Waals surface area contributed by atoms with Crippen LogP contribution >= 0.6 is 23.4 Å². The normalized spacial score (nSPS) is 14.2. The number of thioether (sulfide) groups is 1. The Bertz CT molecular complexity index is 1200. The van der Waals surface area contributed by atoms with Crippen molar-refractivity contribution in [2.45, 2.75) is 20.3 Å². The molecule has 1 saturated heterocycles. The number of halogens is 1. The van der Waals surface area contributed by atoms with Gasteiger partial charge in [0, 0.05) is 5.69 Å². The van der Waals surface area contributed by atoms with Gasteiger partial charge >= 0.3 is 5.97 Å². The first-order valence-corrected chi connectivity index (χ1v) is 12.2. The van der Waals surface area contributed by atoms with Crippen LogP contribution in [0.4, 0.5) is 10.5 Å². The lowest BCUT2D eigenvalue weighted by molar-refractivity contribution is -0.143. The number of benzene rings is 2. The zero-order chi connectivity index (χ0) is 26.2. The van der Waals surface area contributed by atoms with E-state index in [1.54, 1.807) is 25.1 Å². The zero-order valence-electron chi connectivity index (χ0n) is 20.0. The van der Waals surface area contributed by atoms with E-state index >= 15 is 0 Å². The maximum absolute atomic E-state index is 12.9. The molecule has 3 rings (SSSR count). The molecule has 0 radical (unpaired) electrons. The number of imide groups is 1. The van der Waals surface area contributed by atoms with Crippen molar-refractivity contribution in [1.82, 2.24) is 4.90 Å². The van der Waals surface area contributed by atoms with E-state index in [9.17, 15) is 19.2 Å². The molecule has 9 nitrogen and oxygen atoms in total. The van der Waals surface area contributed by atoms with Crippen molar-refractivity contribution < 1.29 is 33.4 Å². The summed E-state index contributed by atoms with van der Waals surface area (Å²) in [7, 11) is 1.24. The zero-order valence-corrected chi connectivity index (χ0v) is 21.5. The standard InChI is InChI=1S/C25H25ClN2O7S/c1-4-15-6-8-17(9-7-15)27-21(29)13-28-24(31)20(36-25(28)32)12-16-10-18(26)23(19(11-16)34-5-2)35-14-22(30)33-3/h6-12H,4-5,13-14H2,1-3H3,(H,27,29)/b20-12-. The van der Waals surface area contributed by atoms with Gasteiger partial charge in [0.05, 0.1) is 23.6 Å². The number of nitrogens with zero attached hydrogens (tertiary/aromatic N) is 1. The van der Waals surface area contributed by atoms with E-state index in [1.807, 2.05) is 19.1 Å². The SMILES string of the molecule is CCOc1cc(/C=C2\SC(=O)N(CC(=O)Nc3ccc(CC)cc3)C2=O)cc(Cl)c1OCC(=O)OC. The molecule has 0 spiro atoms. The lowest BCUT2D eigenvalue weighted by atomic mass is 10.1. The Morgan fingerprint density at radius 3 is 2.47 bits per heavy atom. The highest BCUT2D eigenvalue weighted by molar-refractivity contribution is 8.18. The Labute approximate surface area is 217 Å². The predicted octanol–water partition coefficient (Wildman–Crippen LogP) is 4.53. The van der Waals surface area contributed by atoms with E-state index < -0.39 is 29.6 Å². The first-order valence-electron chi connectivity index (χ1n) is 11.1. The van der Waals surface area contributed by atoms with Gasteiger partial charge in [-0.15, -0.1) is 0 Å². The second kappa shape index (κ2) is 12.5. The van der Waals surface area contributed by atoms with Crippen molar-refractivity contribution in [1.29, 1.82) is 0 Å². The Morgan fingerprint density at radius 1 is 1.11 bits per heavy atom. The first-order chi connectivity index (χ1) is 17.2. The number of carbonyl (C=O) groups excluding carboxylic acids is 4. The van der Waals surface area contributed by atoms with Crippen LogP contribution in [0.25, 0.3) is 6.08 Å². The second-order valence-corrected chi connectivity index (χ2v) is 8.89. The van der Waals surface area contributed by atoms with Gasteiger partial charge in [-0.2, -0.15) is 0 Å². The van der Waals surface area contributed by atoms with Gasteiger partial charge < -0.3 is 19.5 Å². The van der Waals surface area contributed by atoms with Crippen LogP contribution in [-0.4, -0.2) is 54.8 Å². The predicted molar refractivity (Wildman–Crippen MR) is 137 cm³/mol. The summed E-state index contributed by atoms with van der Waals surface area (Å²) in [5.74, 6) is -1.27. The third-order valence-electron chi connectivity index (χ3n) is 5.01. The quantitative estimate of drug-likeness (QED) is 0.351. The fourth-order valence-electron chi connectivity index (χ4n) is 3.22. The molecule has 0 bridgehead atoms. The minimum Gasteiger partial charge on any atom is -0.490 e. The molecule has 3 amide bonds. The van der Waals surface area contributed by atoms with Gasteiger partial charge in [-0.25, -0.2) is 4.79 Å². The fourth-order valence-corrected chi connectivity index (χ4v) is 4.33. The fraction of sp³-hybridized carbons (Fsp3) is 0.280. The van der Waals surface area contributed by atoms with Crippen LogP contribution in [-0.2, 0) is 25.5 Å². The Hall–Kier alpha value is -3.50. The summed E-state index contributed by atoms with van der Waals surface area (Å²) in [6.07, 6.45) is 2.35. The second-order valence-electron chi connectivity index (χ2n) is 7.49. The number of esters is 1. The Kier molecular flexibility index (Phi) is 9.38. The number of hydrogen-bond acceptors (Lipinski definition) is 8. The summed E-state index contributed by atoms with van der Waals surface area (Å²) < 4.78 is 15.6. The minimum absolute atomic E-state index is 0.127. The average Bonchev–Trinajstić information content (AvgIpc) is 3.11. The number of methoxy groups -OCH3 is 1. The van der Waals surface area contributed by atoms with Gasteiger partial charge in [-0.05, 0) is 66.6 Å². The van der Waals surface area contributed by atoms with Gasteiger partial charge in [0.2, 0.25) is 5.91 Å². The molecule has 2 aromatic carbocycles. The molecule has 1 aliphatic heterocycles. The summed E-state index contributed by atoms with van der Waals surface area (Å²) in [5, 5.41) is 2.27. The molecule has 0 aromatic heterocycles. The largest absolute Gasteiger partial charge is 0.490 e. The molecule has 1 fully saturated rings. The summed E-state index contributed by atoms with van der Waals surface area (Å²) >= 11 is 7.05. The number of nitrogens with one attached hydrogen (secondary N) is 1. The Balaban J connectivity index is 1.74. The van der Waals surface area contributed by atoms with E-state index in [0.29, 0.717) is 17.9 Å². The number of aryl methyl sites for hydroxylation is 1. The van der Waals surface area contributed by atoms with Gasteiger partial charge in [0.15, 0.2) is 18.1 Å². The molecule has 0 atom stereocenters. The van der Waals surface area contributed by atoms with Gasteiger partial charge in [0.25, 0.3) is 11.1 Å². The highest BCUT2D eigenvalue weighted by atomic mass is 35.5. The van der Waals surface area contributed by atoms with Crippen molar-refractivity contribution in [2.75, 3.05) is 32.2 Å². The molecule has 190 valence electrons. The molecule has 0 aliphatic carbocycles. The molecule has 1 aliphatic rings. The lowest BCUT2D eigenvalue weighted by Gasteiger charge is -2.14. The summed E-state index contributed by atoms with van der Waals surface area (Å²) in [5.41, 5.74) is 2.17. The van der Waals surface area contributed by atoms with Crippen molar-refractivity contribution in [3.8, 4) is 11.5 Å². The van der Waals surface area contributed by atoms with Gasteiger partial charge in [0.1, 0.15) is 6.54 Å². The maximum atomic E-state index is 12.9. The maximum Gasteiger partial charge on any atom is 0.343 e. The first kappa shape index (κ1) is 27.1. The number of anilines is 1. The van der Waals surface area contributed by atoms with Crippen LogP contribution in [0, 0.1) is 0 Å². The lowest BCUT2D eigenvalue weighted by Crippen LogP contribution is -2.36. The Morgan fingerprint density at radius 2 is 1.83 bits per heavy atom. The van der Waals surface area contributed by atoms with E-state index in [1.165, 1.54) is 19.3 Å². The molecular weight excluding hydrogens is 508 g/mol. The third kappa shape index (κ3) is 6.79. The molecule has 1 N–H and O–H groups in total. The number of hydrogen-bond donors (Lipinski definition) is 1. The molecule has 0 saturated carbocycles. The smallest absolute Gasteiger partial charge is 0.343 e. The van der Waals surface area contributed by atoms with Gasteiger partial charge in [-0.3, -0.25) is 19.3 Å². The number of rotatable bonds is 10. The number of carbonyl (C=O) groups is 4. The van der Waals surface area contributed by atoms with Crippen molar-refractivity contribution in [3.05, 3.63) is 57.5 Å². The third-order valence-corrected chi connectivity index (χ3v) is 6.20. The van der Waals surface area contributed by atoms with Crippen LogP contribution in [0.15, 0.2) is 41.3 Å². The van der Waals surface area contributed by atoms with Crippen molar-refractivity contribution in [2.24, 2.45) is 0 Å². The van der Waals surface area contributed by atoms with Crippen LogP contribution < -0.4 is 14.8 Å². The van der Waals surface area contributed by atoms with Crippen LogP contribution in [0.2, 0.25) is 5.02 Å². The topological polar surface area (TPSA) is 111 Å². The number of ether oxygens (including phenoxy) is 3. The molecule has 11 heteroatoms. The van der Waals surface area contributed by atoms with Crippen molar-refractivity contribution >= 4 is 58.1 Å². The van der Waals surface area contributed by atoms with Crippen LogP contribution in [0.3, 0.4) is 0 Å². The average molecular weight is 533 g/mol. The highest BCUT2D eigenvalue weighted by Crippen LogP contribution is 2.39. The minimum atomic E-state index is -0.596. The van der Waals surface area contributed by atoms with E-state index in [-0.39, 0.29) is 28.0 Å². The molecule has 2 aromatic rings. The highest BCUT2D eigenvalue weighted by Gasteiger charge is 2.36. The molecule has 1 heterocycles. The summed E-state index contributed by atoms with van der Waals surface area (Å²) in [6.45, 7) is 3.31. The summed E-state index contributed by atoms with van der Waals surface area (Å²) in [6, 6.07) is 10.4. The van der Waals surface area contributed by atoms with E-state index in [2.05, 4.69) is 10.1 Å². The molecule has 36 heavy (non-hydrogen) atoms. The monoisotopic (exact) mass is 532 g/mol. The van der Waals surface area contributed by atoms with E-state index in [4.69, 9.17) is 21.1 Å².